The number of nitrogens with two attached hydrogens (primary N) is 2. The third kappa shape index (κ3) is 40.3. The second-order valence-corrected chi connectivity index (χ2v) is 4.77. The molecule has 5 nitrogen and oxygen atoms in total. The van der Waals surface area contributed by atoms with Crippen LogP contribution in [0.2, 0.25) is 0 Å². The Morgan fingerprint density at radius 2 is 1.50 bits per heavy atom. The van der Waals surface area contributed by atoms with E-state index in [0.29, 0.717) is 19.6 Å². The Morgan fingerprint density at radius 3 is 1.95 bits per heavy atom. The fourth-order valence-electron chi connectivity index (χ4n) is 1.18. The molecule has 0 rings (SSSR count). The van der Waals surface area contributed by atoms with Crippen LogP contribution in [0.4, 0.5) is 0 Å². The number of hydrogen-bond donors (Lipinski definition) is 2. The molecule has 0 aromatic carbocycles. The molecule has 22 heavy (non-hydrogen) atoms. The van der Waals surface area contributed by atoms with Crippen molar-refractivity contribution in [3.63, 3.8) is 0 Å². The van der Waals surface area contributed by atoms with Crippen molar-refractivity contribution >= 4 is 317 Å². The van der Waals surface area contributed by atoms with Gasteiger partial charge in [-0.1, -0.05) is 19.8 Å². The monoisotopic (exact) mass is 492 g/mol. The van der Waals surface area contributed by atoms with E-state index in [2.05, 4.69) is 0 Å². The normalized spacial score (nSPS) is 10.9. The van der Waals surface area contributed by atoms with Gasteiger partial charge in [-0.3, -0.25) is 9.09 Å². The van der Waals surface area contributed by atoms with E-state index < -0.39 is 14.5 Å². The van der Waals surface area contributed by atoms with Crippen LogP contribution in [0.5, 0.6) is 0 Å². The van der Waals surface area contributed by atoms with Crippen LogP contribution in [-0.2, 0) is 13.6 Å². The quantitative estimate of drug-likeness (QED) is 0.153. The first-order valence-corrected chi connectivity index (χ1v) is 7.22. The first kappa shape index (κ1) is 49.1. The van der Waals surface area contributed by atoms with Gasteiger partial charge in [-0.2, -0.15) is 0 Å². The Hall–Kier alpha value is 9.89. The SMILES string of the molecule is CCCCO[PH](=O)OC(N)CCCCCN.[KH].[KH].[KH].[KH].[KH].[KH]. The molecule has 0 saturated carbocycles. The van der Waals surface area contributed by atoms with E-state index >= 15 is 0 Å². The molecule has 0 fully saturated rings. The van der Waals surface area contributed by atoms with Crippen molar-refractivity contribution in [1.29, 1.82) is 0 Å². The summed E-state index contributed by atoms with van der Waals surface area (Å²) in [6.07, 6.45) is 5.10. The molecule has 2 atom stereocenters. The van der Waals surface area contributed by atoms with Gasteiger partial charge in [0.15, 0.2) is 0 Å². The molecule has 0 aliphatic rings. The zero-order chi connectivity index (χ0) is 12.2. The summed E-state index contributed by atoms with van der Waals surface area (Å²) >= 11 is 0. The summed E-state index contributed by atoms with van der Waals surface area (Å²) in [5, 5.41) is 0. The van der Waals surface area contributed by atoms with E-state index in [1.165, 1.54) is 0 Å². The number of hydrogen-bond acceptors (Lipinski definition) is 5. The molecule has 4 N–H and O–H groups in total. The van der Waals surface area contributed by atoms with E-state index in [0.717, 1.165) is 32.1 Å². The molecule has 12 heteroatoms. The van der Waals surface area contributed by atoms with Crippen LogP contribution >= 0.6 is 8.25 Å². The van der Waals surface area contributed by atoms with Gasteiger partial charge in [0, 0.05) is 0 Å². The second kappa shape index (κ2) is 41.2. The molecule has 0 bridgehead atoms. The van der Waals surface area contributed by atoms with Crippen LogP contribution in [-0.4, -0.2) is 328 Å². The summed E-state index contributed by atoms with van der Waals surface area (Å²) in [7, 11) is -2.40. The van der Waals surface area contributed by atoms with Crippen molar-refractivity contribution in [3.05, 3.63) is 0 Å². The zero-order valence-corrected chi connectivity index (χ0v) is 11.1. The van der Waals surface area contributed by atoms with Crippen LogP contribution < -0.4 is 11.5 Å². The fraction of sp³-hybridized carbons (Fsp3) is 1.00. The second-order valence-electron chi connectivity index (χ2n) is 3.75. The summed E-state index contributed by atoms with van der Waals surface area (Å²) < 4.78 is 21.3. The Labute approximate surface area is 392 Å². The van der Waals surface area contributed by atoms with Crippen molar-refractivity contribution in [3.8, 4) is 0 Å². The predicted octanol–water partition coefficient (Wildman–Crippen LogP) is -1.88. The molecule has 0 aromatic heterocycles. The van der Waals surface area contributed by atoms with E-state index in [1.807, 2.05) is 6.92 Å². The average Bonchev–Trinajstić information content (AvgIpc) is 2.25. The van der Waals surface area contributed by atoms with Crippen LogP contribution in [0.25, 0.3) is 0 Å². The minimum atomic E-state index is -2.40. The van der Waals surface area contributed by atoms with Gasteiger partial charge in [0.1, 0.15) is 6.23 Å². The van der Waals surface area contributed by atoms with Crippen molar-refractivity contribution < 1.29 is 13.6 Å². The molecule has 0 radical (unpaired) electrons. The van der Waals surface area contributed by atoms with E-state index in [9.17, 15) is 4.57 Å². The zero-order valence-electron chi connectivity index (χ0n) is 10.1. The first-order chi connectivity index (χ1) is 7.70. The molecular weight excluding hydrogens is 462 g/mol. The maximum absolute atomic E-state index is 11.3. The van der Waals surface area contributed by atoms with Gasteiger partial charge in [-0.25, -0.2) is 0 Å². The van der Waals surface area contributed by atoms with Crippen molar-refractivity contribution in [1.82, 2.24) is 0 Å². The molecular formula is C10H31K6N2O3P. The summed E-state index contributed by atoms with van der Waals surface area (Å²) in [6.45, 7) is 3.23. The third-order valence-electron chi connectivity index (χ3n) is 2.16. The van der Waals surface area contributed by atoms with Gasteiger partial charge in [0.05, 0.1) is 6.61 Å². The van der Waals surface area contributed by atoms with Gasteiger partial charge in [0.25, 0.3) is 0 Å². The van der Waals surface area contributed by atoms with Gasteiger partial charge >= 0.3 is 317 Å². The number of rotatable bonds is 11. The average molecular weight is 493 g/mol. The summed E-state index contributed by atoms with van der Waals surface area (Å²) in [5.41, 5.74) is 11.0. The van der Waals surface area contributed by atoms with Crippen LogP contribution in [0.15, 0.2) is 0 Å². The third-order valence-corrected chi connectivity index (χ3v) is 3.09. The Balaban J connectivity index is -0.0000000750. The molecule has 0 heterocycles. The molecule has 0 aliphatic heterocycles. The molecule has 0 amide bonds. The van der Waals surface area contributed by atoms with E-state index in [-0.39, 0.29) is 308 Å². The standard InChI is InChI=1S/C10H25N2O3P.6K.6H/c1-2-3-9-14-16(13)15-10(12)7-5-4-6-8-11;;;;;;;;;;;;/h10,16H,2-9,11-12H2,1H3;;;;;;;;;;;;. The van der Waals surface area contributed by atoms with Crippen LogP contribution in [0.3, 0.4) is 0 Å². The maximum atomic E-state index is 11.3. The van der Waals surface area contributed by atoms with E-state index in [4.69, 9.17) is 20.5 Å². The summed E-state index contributed by atoms with van der Waals surface area (Å²) in [5.74, 6) is 0. The molecule has 110 valence electrons. The Kier molecular flexibility index (Phi) is 91.9. The van der Waals surface area contributed by atoms with Gasteiger partial charge in [-0.05, 0) is 32.2 Å². The Bertz CT molecular complexity index is 200. The fourth-order valence-corrected chi connectivity index (χ4v) is 1.93. The Morgan fingerprint density at radius 1 is 0.955 bits per heavy atom. The summed E-state index contributed by atoms with van der Waals surface area (Å²) in [4.78, 5) is 0. The molecule has 0 saturated heterocycles. The minimum absolute atomic E-state index is 0. The summed E-state index contributed by atoms with van der Waals surface area (Å²) in [6, 6.07) is 0. The molecule has 0 aliphatic carbocycles. The molecule has 2 unspecified atom stereocenters. The topological polar surface area (TPSA) is 87.6 Å². The van der Waals surface area contributed by atoms with Gasteiger partial charge in [-0.15, -0.1) is 0 Å². The van der Waals surface area contributed by atoms with Crippen LogP contribution in [0, 0.1) is 0 Å². The number of unbranched alkanes of at least 4 members (excludes halogenated alkanes) is 3. The predicted molar refractivity (Wildman–Crippen MR) is 109 cm³/mol. The van der Waals surface area contributed by atoms with E-state index in [1.54, 1.807) is 0 Å². The van der Waals surface area contributed by atoms with Crippen molar-refractivity contribution in [2.75, 3.05) is 13.2 Å². The van der Waals surface area contributed by atoms with Crippen molar-refractivity contribution in [2.45, 2.75) is 51.7 Å². The first-order valence-electron chi connectivity index (χ1n) is 5.99. The molecule has 0 spiro atoms. The van der Waals surface area contributed by atoms with Gasteiger partial charge < -0.3 is 16.0 Å². The van der Waals surface area contributed by atoms with Crippen molar-refractivity contribution in [2.24, 2.45) is 11.5 Å². The molecule has 0 aromatic rings. The van der Waals surface area contributed by atoms with Crippen LogP contribution in [0.1, 0.15) is 45.4 Å². The van der Waals surface area contributed by atoms with Gasteiger partial charge in [0.2, 0.25) is 0 Å².